The summed E-state index contributed by atoms with van der Waals surface area (Å²) < 4.78 is 17.3. The van der Waals surface area contributed by atoms with E-state index in [0.717, 1.165) is 5.01 Å². The van der Waals surface area contributed by atoms with Crippen LogP contribution in [-0.2, 0) is 11.3 Å². The number of amides is 1. The molecule has 3 heterocycles. The summed E-state index contributed by atoms with van der Waals surface area (Å²) in [4.78, 5) is 32.5. The van der Waals surface area contributed by atoms with Crippen LogP contribution in [-0.4, -0.2) is 47.4 Å². The van der Waals surface area contributed by atoms with Crippen LogP contribution in [0.25, 0.3) is 5.69 Å². The zero-order chi connectivity index (χ0) is 21.1. The number of fused-ring (bicyclic) bond motifs is 1. The molecule has 0 radical (unpaired) electrons. The SMILES string of the molecule is COCCN(Cc1nccs1)C(=O)c1c(C)ccn(-c2ccc3c(c2)OCO3)c1=O. The van der Waals surface area contributed by atoms with E-state index in [1.54, 1.807) is 55.6 Å². The molecule has 1 aromatic carbocycles. The Balaban J connectivity index is 1.71. The smallest absolute Gasteiger partial charge is 0.268 e. The molecule has 156 valence electrons. The summed E-state index contributed by atoms with van der Waals surface area (Å²) >= 11 is 1.46. The van der Waals surface area contributed by atoms with Gasteiger partial charge in [-0.25, -0.2) is 4.98 Å². The second kappa shape index (κ2) is 8.68. The summed E-state index contributed by atoms with van der Waals surface area (Å²) in [5, 5.41) is 2.65. The number of aryl methyl sites for hydroxylation is 1. The standard InChI is InChI=1S/C21H21N3O5S/c1-14-5-7-24(15-3-4-16-17(11-15)29-13-28-16)21(26)19(14)20(25)23(8-9-27-2)12-18-22-6-10-30-18/h3-7,10-11H,8-9,12-13H2,1-2H3. The third kappa shape index (κ3) is 3.94. The van der Waals surface area contributed by atoms with Crippen LogP contribution in [0.15, 0.2) is 46.8 Å². The van der Waals surface area contributed by atoms with Crippen molar-refractivity contribution in [2.45, 2.75) is 13.5 Å². The topological polar surface area (TPSA) is 82.9 Å². The number of hydrogen-bond acceptors (Lipinski definition) is 7. The molecule has 0 unspecified atom stereocenters. The Hall–Kier alpha value is -3.17. The van der Waals surface area contributed by atoms with Gasteiger partial charge in [-0.2, -0.15) is 0 Å². The van der Waals surface area contributed by atoms with E-state index in [4.69, 9.17) is 14.2 Å². The van der Waals surface area contributed by atoms with E-state index in [9.17, 15) is 9.59 Å². The number of ether oxygens (including phenoxy) is 3. The number of pyridine rings is 1. The van der Waals surface area contributed by atoms with Gasteiger partial charge in [-0.3, -0.25) is 14.2 Å². The Morgan fingerprint density at radius 2 is 2.13 bits per heavy atom. The van der Waals surface area contributed by atoms with Gasteiger partial charge in [-0.15, -0.1) is 11.3 Å². The van der Waals surface area contributed by atoms with Gasteiger partial charge in [-0.05, 0) is 30.7 Å². The van der Waals surface area contributed by atoms with E-state index < -0.39 is 0 Å². The number of carbonyl (C=O) groups excluding carboxylic acids is 1. The van der Waals surface area contributed by atoms with Crippen molar-refractivity contribution in [1.82, 2.24) is 14.5 Å². The number of benzene rings is 1. The number of nitrogens with zero attached hydrogens (tertiary/aromatic N) is 3. The predicted octanol–water partition coefficient (Wildman–Crippen LogP) is 2.62. The molecular formula is C21H21N3O5S. The maximum atomic E-state index is 13.4. The van der Waals surface area contributed by atoms with Crippen molar-refractivity contribution >= 4 is 17.2 Å². The molecule has 1 aliphatic rings. The summed E-state index contributed by atoms with van der Waals surface area (Å²) in [6.07, 6.45) is 3.35. The lowest BCUT2D eigenvalue weighted by Gasteiger charge is -2.22. The number of methoxy groups -OCH3 is 1. The zero-order valence-corrected chi connectivity index (χ0v) is 17.5. The lowest BCUT2D eigenvalue weighted by atomic mass is 10.1. The number of carbonyl (C=O) groups is 1. The fourth-order valence-electron chi connectivity index (χ4n) is 3.23. The molecule has 30 heavy (non-hydrogen) atoms. The number of thiazole rings is 1. The molecule has 3 aromatic rings. The summed E-state index contributed by atoms with van der Waals surface area (Å²) in [7, 11) is 1.58. The van der Waals surface area contributed by atoms with Crippen molar-refractivity contribution < 1.29 is 19.0 Å². The molecule has 0 fully saturated rings. The van der Waals surface area contributed by atoms with Crippen LogP contribution in [0.2, 0.25) is 0 Å². The Labute approximate surface area is 177 Å². The van der Waals surface area contributed by atoms with Crippen LogP contribution in [0.3, 0.4) is 0 Å². The fraction of sp³-hybridized carbons (Fsp3) is 0.286. The molecule has 0 spiro atoms. The first-order valence-electron chi connectivity index (χ1n) is 9.37. The van der Waals surface area contributed by atoms with E-state index >= 15 is 0 Å². The average Bonchev–Trinajstić information content (AvgIpc) is 3.42. The molecule has 0 atom stereocenters. The second-order valence-electron chi connectivity index (χ2n) is 6.73. The minimum Gasteiger partial charge on any atom is -0.454 e. The molecule has 0 saturated carbocycles. The van der Waals surface area contributed by atoms with Crippen LogP contribution in [0.5, 0.6) is 11.5 Å². The minimum atomic E-state index is -0.388. The van der Waals surface area contributed by atoms with E-state index in [0.29, 0.717) is 42.4 Å². The van der Waals surface area contributed by atoms with Crippen LogP contribution in [0.4, 0.5) is 0 Å². The van der Waals surface area contributed by atoms with Gasteiger partial charge < -0.3 is 19.1 Å². The predicted molar refractivity (Wildman–Crippen MR) is 112 cm³/mol. The van der Waals surface area contributed by atoms with Gasteiger partial charge in [0.1, 0.15) is 10.6 Å². The van der Waals surface area contributed by atoms with Gasteiger partial charge in [0.2, 0.25) is 6.79 Å². The Bertz CT molecular complexity index is 1110. The third-order valence-electron chi connectivity index (χ3n) is 4.81. The van der Waals surface area contributed by atoms with E-state index in [2.05, 4.69) is 4.98 Å². The zero-order valence-electron chi connectivity index (χ0n) is 16.7. The van der Waals surface area contributed by atoms with Crippen molar-refractivity contribution in [3.05, 3.63) is 68.5 Å². The van der Waals surface area contributed by atoms with Crippen molar-refractivity contribution in [2.24, 2.45) is 0 Å². The lowest BCUT2D eigenvalue weighted by Crippen LogP contribution is -2.38. The molecule has 2 aromatic heterocycles. The normalized spacial score (nSPS) is 12.2. The Kier molecular flexibility index (Phi) is 5.82. The van der Waals surface area contributed by atoms with Gasteiger partial charge in [-0.1, -0.05) is 0 Å². The number of aromatic nitrogens is 2. The van der Waals surface area contributed by atoms with E-state index in [1.807, 2.05) is 5.38 Å². The highest BCUT2D eigenvalue weighted by Crippen LogP contribution is 2.33. The third-order valence-corrected chi connectivity index (χ3v) is 5.58. The van der Waals surface area contributed by atoms with Gasteiger partial charge in [0.15, 0.2) is 11.5 Å². The highest BCUT2D eigenvalue weighted by Gasteiger charge is 2.24. The molecule has 0 N–H and O–H groups in total. The molecule has 9 heteroatoms. The molecule has 4 rings (SSSR count). The van der Waals surface area contributed by atoms with E-state index in [-0.39, 0.29) is 23.8 Å². The first-order chi connectivity index (χ1) is 14.6. The highest BCUT2D eigenvalue weighted by atomic mass is 32.1. The monoisotopic (exact) mass is 427 g/mol. The molecule has 0 bridgehead atoms. The molecule has 0 aliphatic carbocycles. The highest BCUT2D eigenvalue weighted by molar-refractivity contribution is 7.09. The second-order valence-corrected chi connectivity index (χ2v) is 7.71. The molecular weight excluding hydrogens is 406 g/mol. The maximum Gasteiger partial charge on any atom is 0.268 e. The van der Waals surface area contributed by atoms with E-state index in [1.165, 1.54) is 15.9 Å². The van der Waals surface area contributed by atoms with Crippen molar-refractivity contribution in [2.75, 3.05) is 27.1 Å². The molecule has 0 saturated heterocycles. The van der Waals surface area contributed by atoms with Crippen LogP contribution in [0, 0.1) is 6.92 Å². The van der Waals surface area contributed by atoms with Crippen LogP contribution in [0.1, 0.15) is 20.9 Å². The van der Waals surface area contributed by atoms with Gasteiger partial charge in [0, 0.05) is 37.5 Å². The van der Waals surface area contributed by atoms with Gasteiger partial charge in [0.25, 0.3) is 11.5 Å². The Morgan fingerprint density at radius 3 is 2.90 bits per heavy atom. The molecule has 1 amide bonds. The van der Waals surface area contributed by atoms with Crippen molar-refractivity contribution in [1.29, 1.82) is 0 Å². The van der Waals surface area contributed by atoms with Crippen LogP contribution < -0.4 is 15.0 Å². The maximum absolute atomic E-state index is 13.4. The Morgan fingerprint density at radius 1 is 1.30 bits per heavy atom. The first kappa shape index (κ1) is 20.1. The number of hydrogen-bond donors (Lipinski definition) is 0. The largest absolute Gasteiger partial charge is 0.454 e. The first-order valence-corrected chi connectivity index (χ1v) is 10.3. The minimum absolute atomic E-state index is 0.128. The lowest BCUT2D eigenvalue weighted by molar-refractivity contribution is 0.0677. The van der Waals surface area contributed by atoms with Crippen LogP contribution >= 0.6 is 11.3 Å². The summed E-state index contributed by atoms with van der Waals surface area (Å²) in [6, 6.07) is 7.00. The van der Waals surface area contributed by atoms with Gasteiger partial charge >= 0.3 is 0 Å². The molecule has 8 nitrogen and oxygen atoms in total. The average molecular weight is 427 g/mol. The van der Waals surface area contributed by atoms with Crippen molar-refractivity contribution in [3.63, 3.8) is 0 Å². The summed E-state index contributed by atoms with van der Waals surface area (Å²) in [6.45, 7) is 2.94. The summed E-state index contributed by atoms with van der Waals surface area (Å²) in [5.74, 6) is 0.850. The van der Waals surface area contributed by atoms with Crippen molar-refractivity contribution in [3.8, 4) is 17.2 Å². The summed E-state index contributed by atoms with van der Waals surface area (Å²) in [5.41, 5.74) is 0.952. The number of rotatable bonds is 7. The quantitative estimate of drug-likeness (QED) is 0.577. The molecule has 1 aliphatic heterocycles. The fourth-order valence-corrected chi connectivity index (χ4v) is 3.86. The van der Waals surface area contributed by atoms with Gasteiger partial charge in [0.05, 0.1) is 18.8 Å².